The van der Waals surface area contributed by atoms with Crippen molar-refractivity contribution in [3.8, 4) is 0 Å². The Morgan fingerprint density at radius 3 is 2.75 bits per heavy atom. The van der Waals surface area contributed by atoms with Crippen LogP contribution in [-0.2, 0) is 9.53 Å². The van der Waals surface area contributed by atoms with Gasteiger partial charge in [-0.3, -0.25) is 9.69 Å². The fourth-order valence-corrected chi connectivity index (χ4v) is 2.15. The first kappa shape index (κ1) is 13.4. The van der Waals surface area contributed by atoms with Gasteiger partial charge in [-0.25, -0.2) is 0 Å². The van der Waals surface area contributed by atoms with Crippen LogP contribution in [0.3, 0.4) is 0 Å². The smallest absolute Gasteiger partial charge is 0.240 e. The third-order valence-electron chi connectivity index (χ3n) is 3.64. The van der Waals surface area contributed by atoms with Crippen LogP contribution in [0, 0.1) is 0 Å². The lowest BCUT2D eigenvalue weighted by molar-refractivity contribution is -0.138. The molecule has 0 aromatic carbocycles. The Balaban J connectivity index is 2.86. The summed E-state index contributed by atoms with van der Waals surface area (Å²) in [5.74, 6) is -0.316. The van der Waals surface area contributed by atoms with Crippen LogP contribution < -0.4 is 11.1 Å². The lowest BCUT2D eigenvalue weighted by Gasteiger charge is -2.41. The molecule has 0 spiro atoms. The van der Waals surface area contributed by atoms with Crippen LogP contribution in [0.2, 0.25) is 0 Å². The van der Waals surface area contributed by atoms with E-state index in [2.05, 4.69) is 10.2 Å². The molecule has 5 nitrogen and oxygen atoms in total. The van der Waals surface area contributed by atoms with Crippen LogP contribution in [0.1, 0.15) is 20.3 Å². The Morgan fingerprint density at radius 2 is 2.19 bits per heavy atom. The molecule has 1 rings (SSSR count). The maximum absolute atomic E-state index is 11.7. The Hall–Kier alpha value is -0.650. The zero-order valence-electron chi connectivity index (χ0n) is 10.5. The number of rotatable bonds is 4. The van der Waals surface area contributed by atoms with Crippen molar-refractivity contribution in [3.05, 3.63) is 0 Å². The summed E-state index contributed by atoms with van der Waals surface area (Å²) in [6, 6.07) is 0. The van der Waals surface area contributed by atoms with E-state index in [9.17, 15) is 4.79 Å². The molecule has 1 heterocycles. The molecule has 3 N–H and O–H groups in total. The molecule has 16 heavy (non-hydrogen) atoms. The van der Waals surface area contributed by atoms with E-state index >= 15 is 0 Å². The molecule has 0 bridgehead atoms. The van der Waals surface area contributed by atoms with Crippen molar-refractivity contribution in [2.45, 2.75) is 31.9 Å². The molecule has 0 aromatic heterocycles. The summed E-state index contributed by atoms with van der Waals surface area (Å²) in [6.45, 7) is 7.34. The zero-order chi connectivity index (χ0) is 12.2. The quantitative estimate of drug-likeness (QED) is 0.686. The summed E-state index contributed by atoms with van der Waals surface area (Å²) in [4.78, 5) is 13.8. The first-order valence-corrected chi connectivity index (χ1v) is 5.82. The lowest BCUT2D eigenvalue weighted by atomic mass is 9.92. The lowest BCUT2D eigenvalue weighted by Crippen LogP contribution is -2.62. The van der Waals surface area contributed by atoms with Gasteiger partial charge in [0, 0.05) is 26.7 Å². The average molecular weight is 229 g/mol. The molecule has 0 radical (unpaired) electrons. The van der Waals surface area contributed by atoms with Crippen molar-refractivity contribution in [2.24, 2.45) is 5.73 Å². The van der Waals surface area contributed by atoms with Gasteiger partial charge in [-0.1, -0.05) is 0 Å². The van der Waals surface area contributed by atoms with Gasteiger partial charge in [0.25, 0.3) is 0 Å². The fraction of sp³-hybridized carbons (Fsp3) is 0.909. The number of carbonyl (C=O) groups is 1. The molecule has 1 amide bonds. The van der Waals surface area contributed by atoms with Gasteiger partial charge in [-0.15, -0.1) is 0 Å². The van der Waals surface area contributed by atoms with Crippen LogP contribution in [-0.4, -0.2) is 55.7 Å². The van der Waals surface area contributed by atoms with Gasteiger partial charge in [0.15, 0.2) is 0 Å². The second-order valence-electron chi connectivity index (χ2n) is 4.48. The van der Waals surface area contributed by atoms with Crippen molar-refractivity contribution in [1.29, 1.82) is 0 Å². The van der Waals surface area contributed by atoms with E-state index in [1.54, 1.807) is 7.11 Å². The Bertz CT molecular complexity index is 239. The van der Waals surface area contributed by atoms with Crippen LogP contribution in [0.25, 0.3) is 0 Å². The Morgan fingerprint density at radius 1 is 1.50 bits per heavy atom. The molecule has 0 aromatic rings. The minimum absolute atomic E-state index is 0.205. The van der Waals surface area contributed by atoms with Crippen molar-refractivity contribution in [1.82, 2.24) is 10.2 Å². The highest BCUT2D eigenvalue weighted by Crippen LogP contribution is 2.22. The number of methoxy groups -OCH3 is 1. The largest absolute Gasteiger partial charge is 0.379 e. The highest BCUT2D eigenvalue weighted by Gasteiger charge is 2.43. The molecule has 94 valence electrons. The number of nitrogens with zero attached hydrogens (tertiary/aromatic N) is 1. The van der Waals surface area contributed by atoms with E-state index < -0.39 is 5.54 Å². The summed E-state index contributed by atoms with van der Waals surface area (Å²) in [5.41, 5.74) is 4.83. The van der Waals surface area contributed by atoms with Crippen LogP contribution in [0.5, 0.6) is 0 Å². The minimum Gasteiger partial charge on any atom is -0.379 e. The average Bonchev–Trinajstić information content (AvgIpc) is 2.55. The second-order valence-corrected chi connectivity index (χ2v) is 4.48. The number of nitrogens with one attached hydrogen (secondary N) is 1. The molecular formula is C11H23N3O2. The third kappa shape index (κ3) is 2.53. The number of nitrogens with two attached hydrogens (primary N) is 1. The number of amides is 1. The second kappa shape index (κ2) is 5.61. The Kier molecular flexibility index (Phi) is 4.70. The van der Waals surface area contributed by atoms with Crippen LogP contribution >= 0.6 is 0 Å². The highest BCUT2D eigenvalue weighted by molar-refractivity contribution is 5.85. The molecule has 5 heteroatoms. The predicted octanol–water partition coefficient (Wildman–Crippen LogP) is -0.439. The van der Waals surface area contributed by atoms with E-state index in [-0.39, 0.29) is 12.0 Å². The monoisotopic (exact) mass is 229 g/mol. The van der Waals surface area contributed by atoms with Gasteiger partial charge >= 0.3 is 0 Å². The maximum atomic E-state index is 11.7. The molecule has 1 fully saturated rings. The van der Waals surface area contributed by atoms with Gasteiger partial charge in [0.1, 0.15) is 5.54 Å². The first-order chi connectivity index (χ1) is 7.53. The van der Waals surface area contributed by atoms with E-state index in [0.29, 0.717) is 0 Å². The van der Waals surface area contributed by atoms with E-state index in [4.69, 9.17) is 10.5 Å². The molecular weight excluding hydrogens is 206 g/mol. The van der Waals surface area contributed by atoms with E-state index in [0.717, 1.165) is 32.6 Å². The Labute approximate surface area is 97.3 Å². The van der Waals surface area contributed by atoms with Crippen molar-refractivity contribution >= 4 is 5.91 Å². The summed E-state index contributed by atoms with van der Waals surface area (Å²) in [6.07, 6.45) is 0.822. The normalized spacial score (nSPS) is 24.4. The van der Waals surface area contributed by atoms with Crippen molar-refractivity contribution in [2.75, 3.05) is 33.3 Å². The summed E-state index contributed by atoms with van der Waals surface area (Å²) < 4.78 is 5.31. The zero-order valence-corrected chi connectivity index (χ0v) is 10.5. The topological polar surface area (TPSA) is 67.6 Å². The molecule has 0 aliphatic carbocycles. The van der Waals surface area contributed by atoms with Gasteiger partial charge in [0.05, 0.1) is 6.10 Å². The van der Waals surface area contributed by atoms with Crippen molar-refractivity contribution in [3.63, 3.8) is 0 Å². The summed E-state index contributed by atoms with van der Waals surface area (Å²) in [7, 11) is 1.61. The van der Waals surface area contributed by atoms with Gasteiger partial charge in [-0.2, -0.15) is 0 Å². The molecule has 1 aliphatic heterocycles. The van der Waals surface area contributed by atoms with Gasteiger partial charge in [-0.05, 0) is 26.8 Å². The number of primary amides is 1. The maximum Gasteiger partial charge on any atom is 0.240 e. The number of hydrogen-bond acceptors (Lipinski definition) is 4. The first-order valence-electron chi connectivity index (χ1n) is 5.82. The molecule has 2 atom stereocenters. The van der Waals surface area contributed by atoms with E-state index in [1.807, 2.05) is 13.8 Å². The van der Waals surface area contributed by atoms with Crippen LogP contribution in [0.15, 0.2) is 0 Å². The highest BCUT2D eigenvalue weighted by atomic mass is 16.5. The number of hydrogen-bond donors (Lipinski definition) is 2. The fourth-order valence-electron chi connectivity index (χ4n) is 2.15. The summed E-state index contributed by atoms with van der Waals surface area (Å²) in [5, 5.41) is 3.31. The van der Waals surface area contributed by atoms with E-state index in [1.165, 1.54) is 0 Å². The van der Waals surface area contributed by atoms with Gasteiger partial charge < -0.3 is 15.8 Å². The van der Waals surface area contributed by atoms with Crippen LogP contribution in [0.4, 0.5) is 0 Å². The molecule has 1 aliphatic rings. The predicted molar refractivity (Wildman–Crippen MR) is 63.1 cm³/mol. The number of ether oxygens (including phenoxy) is 1. The molecule has 1 saturated heterocycles. The summed E-state index contributed by atoms with van der Waals surface area (Å²) >= 11 is 0. The molecule has 2 unspecified atom stereocenters. The molecule has 0 saturated carbocycles. The standard InChI is InChI=1S/C11H23N3O2/c1-9(16-3)11(2,10(12)15)14-7-4-5-13-6-8-14/h9,13H,4-8H2,1-3H3,(H2,12,15). The minimum atomic E-state index is -0.721. The number of carbonyl (C=O) groups excluding carboxylic acids is 1. The SMILES string of the molecule is COC(C)C(C)(C(N)=O)N1CCCNCC1. The third-order valence-corrected chi connectivity index (χ3v) is 3.64. The van der Waals surface area contributed by atoms with Gasteiger partial charge in [0.2, 0.25) is 5.91 Å². The van der Waals surface area contributed by atoms with Crippen molar-refractivity contribution < 1.29 is 9.53 Å².